The van der Waals surface area contributed by atoms with E-state index in [9.17, 15) is 18.0 Å². The van der Waals surface area contributed by atoms with Gasteiger partial charge >= 0.3 is 11.9 Å². The third kappa shape index (κ3) is 5.85. The Hall–Kier alpha value is -1.19. The van der Waals surface area contributed by atoms with Crippen molar-refractivity contribution in [2.75, 3.05) is 19.5 Å². The van der Waals surface area contributed by atoms with Crippen LogP contribution in [0, 0.1) is 0 Å². The van der Waals surface area contributed by atoms with Crippen LogP contribution in [0.1, 0.15) is 25.7 Å². The highest BCUT2D eigenvalue weighted by molar-refractivity contribution is 7.89. The molecule has 0 aromatic rings. The highest BCUT2D eigenvalue weighted by Crippen LogP contribution is 2.14. The minimum Gasteiger partial charge on any atom is -0.480 e. The molecule has 2 N–H and O–H groups in total. The lowest BCUT2D eigenvalue weighted by Gasteiger charge is -2.16. The number of hydrogen-bond donors (Lipinski definition) is 2. The number of hydrogen-bond acceptors (Lipinski definition) is 6. The highest BCUT2D eigenvalue weighted by Gasteiger charge is 2.28. The molecular formula is C11H19NO7S. The van der Waals surface area contributed by atoms with Crippen LogP contribution in [0.2, 0.25) is 0 Å². The van der Waals surface area contributed by atoms with Gasteiger partial charge in [0.1, 0.15) is 6.04 Å². The second kappa shape index (κ2) is 7.55. The molecule has 0 radical (unpaired) electrons. The van der Waals surface area contributed by atoms with Crippen molar-refractivity contribution in [2.24, 2.45) is 0 Å². The third-order valence-corrected chi connectivity index (χ3v) is 4.37. The average Bonchev–Trinajstić information content (AvgIpc) is 2.85. The lowest BCUT2D eigenvalue weighted by molar-refractivity contribution is -0.142. The number of sulfonamides is 1. The number of nitrogens with one attached hydrogen (secondary N) is 1. The maximum absolute atomic E-state index is 11.8. The summed E-state index contributed by atoms with van der Waals surface area (Å²) in [5.41, 5.74) is 0. The van der Waals surface area contributed by atoms with E-state index in [1.807, 2.05) is 0 Å². The monoisotopic (exact) mass is 309 g/mol. The molecule has 1 fully saturated rings. The molecular weight excluding hydrogens is 290 g/mol. The molecule has 20 heavy (non-hydrogen) atoms. The van der Waals surface area contributed by atoms with Gasteiger partial charge in [-0.1, -0.05) is 0 Å². The fourth-order valence-electron chi connectivity index (χ4n) is 1.88. The molecule has 2 atom stereocenters. The molecule has 0 aliphatic carbocycles. The zero-order valence-electron chi connectivity index (χ0n) is 11.2. The molecule has 8 nitrogen and oxygen atoms in total. The first kappa shape index (κ1) is 16.9. The molecule has 1 heterocycles. The minimum absolute atomic E-state index is 0.160. The van der Waals surface area contributed by atoms with Gasteiger partial charge in [-0.25, -0.2) is 13.1 Å². The molecule has 1 aliphatic heterocycles. The molecule has 0 spiro atoms. The van der Waals surface area contributed by atoms with Gasteiger partial charge in [0.25, 0.3) is 0 Å². The Morgan fingerprint density at radius 3 is 2.70 bits per heavy atom. The Bertz CT molecular complexity index is 442. The van der Waals surface area contributed by atoms with E-state index < -0.39 is 34.1 Å². The van der Waals surface area contributed by atoms with Crippen molar-refractivity contribution in [2.45, 2.75) is 37.8 Å². The van der Waals surface area contributed by atoms with Crippen LogP contribution in [0.15, 0.2) is 0 Å². The van der Waals surface area contributed by atoms with Crippen molar-refractivity contribution in [1.29, 1.82) is 0 Å². The van der Waals surface area contributed by atoms with Crippen molar-refractivity contribution in [3.8, 4) is 0 Å². The fraction of sp³-hybridized carbons (Fsp3) is 0.818. The van der Waals surface area contributed by atoms with Crippen LogP contribution >= 0.6 is 0 Å². The van der Waals surface area contributed by atoms with Gasteiger partial charge < -0.3 is 14.6 Å². The maximum atomic E-state index is 11.8. The van der Waals surface area contributed by atoms with Gasteiger partial charge in [-0.3, -0.25) is 9.59 Å². The van der Waals surface area contributed by atoms with Crippen LogP contribution in [-0.2, 0) is 29.1 Å². The summed E-state index contributed by atoms with van der Waals surface area (Å²) in [4.78, 5) is 22.0. The lowest BCUT2D eigenvalue weighted by atomic mass is 10.2. The van der Waals surface area contributed by atoms with E-state index in [0.717, 1.165) is 6.42 Å². The summed E-state index contributed by atoms with van der Waals surface area (Å²) in [6.45, 7) is 0.519. The molecule has 1 saturated heterocycles. The summed E-state index contributed by atoms with van der Waals surface area (Å²) in [7, 11) is -2.59. The first-order chi connectivity index (χ1) is 9.34. The first-order valence-corrected chi connectivity index (χ1v) is 7.90. The number of carbonyl (C=O) groups excluding carboxylic acids is 1. The van der Waals surface area contributed by atoms with E-state index in [1.54, 1.807) is 0 Å². The van der Waals surface area contributed by atoms with Crippen molar-refractivity contribution in [1.82, 2.24) is 4.72 Å². The Morgan fingerprint density at radius 2 is 2.20 bits per heavy atom. The maximum Gasteiger partial charge on any atom is 0.321 e. The molecule has 0 aromatic heterocycles. The predicted molar refractivity (Wildman–Crippen MR) is 68.6 cm³/mol. The minimum atomic E-state index is -3.77. The highest BCUT2D eigenvalue weighted by atomic mass is 32.2. The Labute approximate surface area is 117 Å². The molecule has 0 amide bonds. The molecule has 1 aliphatic rings. The number of esters is 1. The van der Waals surface area contributed by atoms with Crippen LogP contribution in [0.3, 0.4) is 0 Å². The molecule has 1 rings (SSSR count). The molecule has 0 aromatic carbocycles. The van der Waals surface area contributed by atoms with Gasteiger partial charge in [0, 0.05) is 13.0 Å². The number of carboxylic acids is 1. The van der Waals surface area contributed by atoms with Gasteiger partial charge in [0.2, 0.25) is 10.0 Å². The van der Waals surface area contributed by atoms with E-state index in [1.165, 1.54) is 7.11 Å². The third-order valence-electron chi connectivity index (χ3n) is 2.91. The van der Waals surface area contributed by atoms with E-state index in [4.69, 9.17) is 9.84 Å². The zero-order valence-corrected chi connectivity index (χ0v) is 12.0. The zero-order chi connectivity index (χ0) is 15.2. The second-order valence-corrected chi connectivity index (χ2v) is 6.34. The first-order valence-electron chi connectivity index (χ1n) is 6.25. The topological polar surface area (TPSA) is 119 Å². The number of carboxylic acid groups (broad SMARTS) is 1. The van der Waals surface area contributed by atoms with Crippen LogP contribution in [-0.4, -0.2) is 57.1 Å². The second-order valence-electron chi connectivity index (χ2n) is 4.54. The molecule has 116 valence electrons. The van der Waals surface area contributed by atoms with Crippen LogP contribution in [0.4, 0.5) is 0 Å². The molecule has 0 bridgehead atoms. The van der Waals surface area contributed by atoms with Crippen LogP contribution in [0.25, 0.3) is 0 Å². The number of rotatable bonds is 8. The van der Waals surface area contributed by atoms with E-state index in [0.29, 0.717) is 13.0 Å². The normalized spacial score (nSPS) is 20.6. The summed E-state index contributed by atoms with van der Waals surface area (Å²) in [6, 6.07) is -1.35. The van der Waals surface area contributed by atoms with Crippen LogP contribution in [0.5, 0.6) is 0 Å². The van der Waals surface area contributed by atoms with E-state index >= 15 is 0 Å². The predicted octanol–water partition coefficient (Wildman–Crippen LogP) is -0.509. The molecule has 9 heteroatoms. The van der Waals surface area contributed by atoms with Crippen molar-refractivity contribution >= 4 is 22.0 Å². The van der Waals surface area contributed by atoms with Gasteiger partial charge in [0.15, 0.2) is 0 Å². The SMILES string of the molecule is COC(=O)CC[C@@H](NS(=O)(=O)CC1CCCO1)C(=O)O. The average molecular weight is 309 g/mol. The quantitative estimate of drug-likeness (QED) is 0.580. The van der Waals surface area contributed by atoms with E-state index in [-0.39, 0.29) is 18.6 Å². The summed E-state index contributed by atoms with van der Waals surface area (Å²) >= 11 is 0. The van der Waals surface area contributed by atoms with Gasteiger partial charge in [-0.2, -0.15) is 0 Å². The van der Waals surface area contributed by atoms with Crippen molar-refractivity contribution < 1.29 is 32.6 Å². The smallest absolute Gasteiger partial charge is 0.321 e. The summed E-state index contributed by atoms with van der Waals surface area (Å²) in [6.07, 6.45) is 0.705. The number of aliphatic carboxylic acids is 1. The lowest BCUT2D eigenvalue weighted by Crippen LogP contribution is -2.43. The molecule has 0 saturated carbocycles. The van der Waals surface area contributed by atoms with Gasteiger partial charge in [-0.15, -0.1) is 0 Å². The summed E-state index contributed by atoms with van der Waals surface area (Å²) < 4.78 is 35.4. The molecule has 1 unspecified atom stereocenters. The van der Waals surface area contributed by atoms with Crippen molar-refractivity contribution in [3.63, 3.8) is 0 Å². The summed E-state index contributed by atoms with van der Waals surface area (Å²) in [5, 5.41) is 8.97. The Morgan fingerprint density at radius 1 is 1.50 bits per heavy atom. The number of carbonyl (C=O) groups is 2. The Kier molecular flexibility index (Phi) is 6.37. The number of ether oxygens (including phenoxy) is 2. The van der Waals surface area contributed by atoms with Crippen molar-refractivity contribution in [3.05, 3.63) is 0 Å². The van der Waals surface area contributed by atoms with Gasteiger partial charge in [-0.05, 0) is 19.3 Å². The summed E-state index contributed by atoms with van der Waals surface area (Å²) in [5.74, 6) is -2.19. The van der Waals surface area contributed by atoms with E-state index in [2.05, 4.69) is 9.46 Å². The van der Waals surface area contributed by atoms with Gasteiger partial charge in [0.05, 0.1) is 19.0 Å². The standard InChI is InChI=1S/C11H19NO7S/c1-18-10(13)5-4-9(11(14)15)12-20(16,17)7-8-3-2-6-19-8/h8-9,12H,2-7H2,1H3,(H,14,15)/t8?,9-/m1/s1. The largest absolute Gasteiger partial charge is 0.480 e. The van der Waals surface area contributed by atoms with Crippen LogP contribution < -0.4 is 4.72 Å². The Balaban J connectivity index is 2.54. The fourth-order valence-corrected chi connectivity index (χ4v) is 3.38. The number of methoxy groups -OCH3 is 1.